The molecule has 138 valence electrons. The number of hydrogen-bond donors (Lipinski definition) is 0. The molecule has 1 nitrogen and oxygen atoms in total. The molecule has 1 aromatic heterocycles. The lowest BCUT2D eigenvalue weighted by Crippen LogP contribution is -1.96. The van der Waals surface area contributed by atoms with Crippen LogP contribution in [0.15, 0.2) is 60.8 Å². The number of fused-ring (bicyclic) bond motifs is 5. The smallest absolute Gasteiger partial charge is 0.0792 e. The van der Waals surface area contributed by atoms with Gasteiger partial charge >= 0.3 is 0 Å². The molecule has 0 unspecified atom stereocenters. The van der Waals surface area contributed by atoms with Gasteiger partial charge in [0.1, 0.15) is 0 Å². The van der Waals surface area contributed by atoms with Gasteiger partial charge in [0.05, 0.1) is 5.69 Å². The normalized spacial score (nSPS) is 12.0. The Bertz CT molecular complexity index is 1230. The van der Waals surface area contributed by atoms with E-state index in [2.05, 4.69) is 82.3 Å². The number of aromatic nitrogens is 1. The Balaban J connectivity index is 1.96. The van der Waals surface area contributed by atoms with Crippen LogP contribution in [0.1, 0.15) is 30.5 Å². The highest BCUT2D eigenvalue weighted by Gasteiger charge is 2.23. The first-order valence-corrected chi connectivity index (χ1v) is 10.2. The molecule has 0 bridgehead atoms. The van der Waals surface area contributed by atoms with Crippen molar-refractivity contribution in [2.24, 2.45) is 5.92 Å². The van der Waals surface area contributed by atoms with Crippen LogP contribution in [0.2, 0.25) is 0 Å². The lowest BCUT2D eigenvalue weighted by Gasteiger charge is -2.14. The third-order valence-electron chi connectivity index (χ3n) is 5.75. The first-order valence-electron chi connectivity index (χ1n) is 10.2. The number of aryl methyl sites for hydroxylation is 2. The predicted molar refractivity (Wildman–Crippen MR) is 120 cm³/mol. The van der Waals surface area contributed by atoms with Crippen molar-refractivity contribution in [2.45, 2.75) is 34.1 Å². The quantitative estimate of drug-likeness (QED) is 0.319. The molecular formula is C27H25N. The lowest BCUT2D eigenvalue weighted by molar-refractivity contribution is 0.648. The maximum atomic E-state index is 4.86. The van der Waals surface area contributed by atoms with Gasteiger partial charge in [-0.25, -0.2) is 0 Å². The van der Waals surface area contributed by atoms with Crippen LogP contribution in [0.5, 0.6) is 0 Å². The highest BCUT2D eigenvalue weighted by Crippen LogP contribution is 2.47. The molecule has 0 saturated carbocycles. The number of benzene rings is 3. The molecule has 0 N–H and O–H groups in total. The van der Waals surface area contributed by atoms with Crippen LogP contribution in [-0.2, 0) is 6.42 Å². The van der Waals surface area contributed by atoms with Gasteiger partial charge < -0.3 is 0 Å². The topological polar surface area (TPSA) is 12.9 Å². The summed E-state index contributed by atoms with van der Waals surface area (Å²) in [6, 6.07) is 20.6. The SMILES string of the molecule is Cc1ccc2c(c1)-c1cc(C)ccc1-c1nccc3cc(CC(C)C)cc-2c13. The van der Waals surface area contributed by atoms with Crippen molar-refractivity contribution in [3.8, 4) is 33.5 Å². The highest BCUT2D eigenvalue weighted by atomic mass is 14.7. The molecule has 0 fully saturated rings. The van der Waals surface area contributed by atoms with Crippen molar-refractivity contribution in [1.29, 1.82) is 0 Å². The zero-order valence-electron chi connectivity index (χ0n) is 17.0. The molecule has 0 spiro atoms. The van der Waals surface area contributed by atoms with Gasteiger partial charge in [-0.3, -0.25) is 4.98 Å². The van der Waals surface area contributed by atoms with Crippen LogP contribution >= 0.6 is 0 Å². The maximum Gasteiger partial charge on any atom is 0.0792 e. The summed E-state index contributed by atoms with van der Waals surface area (Å²) in [6.45, 7) is 8.92. The molecule has 0 atom stereocenters. The average molecular weight is 364 g/mol. The van der Waals surface area contributed by atoms with E-state index in [-0.39, 0.29) is 0 Å². The van der Waals surface area contributed by atoms with Crippen molar-refractivity contribution in [3.05, 3.63) is 77.5 Å². The van der Waals surface area contributed by atoms with Crippen LogP contribution < -0.4 is 0 Å². The fraction of sp³-hybridized carbons (Fsp3) is 0.222. The van der Waals surface area contributed by atoms with E-state index in [1.165, 1.54) is 55.3 Å². The van der Waals surface area contributed by atoms with E-state index in [1.807, 2.05) is 6.20 Å². The summed E-state index contributed by atoms with van der Waals surface area (Å²) in [7, 11) is 0. The van der Waals surface area contributed by atoms with Gasteiger partial charge in [0.15, 0.2) is 0 Å². The Labute approximate surface area is 167 Å². The van der Waals surface area contributed by atoms with Gasteiger partial charge in [-0.15, -0.1) is 0 Å². The fourth-order valence-electron chi connectivity index (χ4n) is 4.59. The number of nitrogens with zero attached hydrogens (tertiary/aromatic N) is 1. The second kappa shape index (κ2) is 6.31. The van der Waals surface area contributed by atoms with Crippen LogP contribution in [-0.4, -0.2) is 4.98 Å². The monoisotopic (exact) mass is 363 g/mol. The molecule has 0 saturated heterocycles. The minimum absolute atomic E-state index is 0.633. The lowest BCUT2D eigenvalue weighted by atomic mass is 9.90. The summed E-state index contributed by atoms with van der Waals surface area (Å²) in [5, 5.41) is 2.57. The summed E-state index contributed by atoms with van der Waals surface area (Å²) in [6.07, 6.45) is 3.05. The third kappa shape index (κ3) is 2.65. The molecule has 5 rings (SSSR count). The van der Waals surface area contributed by atoms with E-state index >= 15 is 0 Å². The number of hydrogen-bond acceptors (Lipinski definition) is 1. The van der Waals surface area contributed by atoms with E-state index < -0.39 is 0 Å². The molecule has 4 aromatic rings. The molecule has 3 aromatic carbocycles. The number of rotatable bonds is 2. The van der Waals surface area contributed by atoms with Gasteiger partial charge in [-0.1, -0.05) is 73.5 Å². The molecule has 1 heterocycles. The zero-order chi connectivity index (χ0) is 19.4. The summed E-state index contributed by atoms with van der Waals surface area (Å²) in [5.74, 6) is 0.633. The van der Waals surface area contributed by atoms with Gasteiger partial charge in [0, 0.05) is 17.1 Å². The Hall–Kier alpha value is -2.93. The number of pyridine rings is 1. The summed E-state index contributed by atoms with van der Waals surface area (Å²) < 4.78 is 0. The van der Waals surface area contributed by atoms with Crippen molar-refractivity contribution >= 4 is 10.8 Å². The Kier molecular flexibility index (Phi) is 3.87. The van der Waals surface area contributed by atoms with Crippen LogP contribution in [0.3, 0.4) is 0 Å². The minimum atomic E-state index is 0.633. The molecule has 0 aliphatic heterocycles. The van der Waals surface area contributed by atoms with Gasteiger partial charge in [0.2, 0.25) is 0 Å². The Morgan fingerprint density at radius 3 is 2.11 bits per heavy atom. The molecule has 28 heavy (non-hydrogen) atoms. The second-order valence-corrected chi connectivity index (χ2v) is 8.60. The maximum absolute atomic E-state index is 4.86. The highest BCUT2D eigenvalue weighted by molar-refractivity contribution is 6.12. The largest absolute Gasteiger partial charge is 0.256 e. The fourth-order valence-corrected chi connectivity index (χ4v) is 4.59. The van der Waals surface area contributed by atoms with E-state index in [0.717, 1.165) is 12.1 Å². The van der Waals surface area contributed by atoms with E-state index in [4.69, 9.17) is 4.98 Å². The van der Waals surface area contributed by atoms with E-state index in [1.54, 1.807) is 0 Å². The predicted octanol–water partition coefficient (Wildman–Crippen LogP) is 7.36. The van der Waals surface area contributed by atoms with E-state index in [9.17, 15) is 0 Å². The van der Waals surface area contributed by atoms with Crippen molar-refractivity contribution in [2.75, 3.05) is 0 Å². The van der Waals surface area contributed by atoms with Crippen molar-refractivity contribution in [3.63, 3.8) is 0 Å². The summed E-state index contributed by atoms with van der Waals surface area (Å²) in [5.41, 5.74) is 11.6. The average Bonchev–Trinajstić information content (AvgIpc) is 2.76. The van der Waals surface area contributed by atoms with Gasteiger partial charge in [-0.2, -0.15) is 0 Å². The van der Waals surface area contributed by atoms with Crippen molar-refractivity contribution < 1.29 is 0 Å². The molecule has 1 aliphatic carbocycles. The van der Waals surface area contributed by atoms with Crippen molar-refractivity contribution in [1.82, 2.24) is 4.98 Å². The third-order valence-corrected chi connectivity index (χ3v) is 5.75. The van der Waals surface area contributed by atoms with Crippen LogP contribution in [0, 0.1) is 19.8 Å². The molecule has 0 amide bonds. The summed E-state index contributed by atoms with van der Waals surface area (Å²) >= 11 is 0. The molecule has 1 heteroatoms. The minimum Gasteiger partial charge on any atom is -0.256 e. The second-order valence-electron chi connectivity index (χ2n) is 8.60. The van der Waals surface area contributed by atoms with Gasteiger partial charge in [-0.05, 0) is 65.5 Å². The van der Waals surface area contributed by atoms with E-state index in [0.29, 0.717) is 5.92 Å². The zero-order valence-corrected chi connectivity index (χ0v) is 17.0. The standard InChI is InChI=1S/C27H25N/c1-16(2)11-19-14-20-9-10-28-27-22-8-6-18(4)13-24(22)23-12-17(3)5-7-21(23)25(15-19)26(20)27/h5-10,12-16H,11H2,1-4H3. The first-order chi connectivity index (χ1) is 13.5. The Morgan fingerprint density at radius 1 is 0.714 bits per heavy atom. The van der Waals surface area contributed by atoms with Crippen LogP contribution in [0.4, 0.5) is 0 Å². The first kappa shape index (κ1) is 17.2. The molecule has 1 aliphatic rings. The molecular weight excluding hydrogens is 338 g/mol. The van der Waals surface area contributed by atoms with Gasteiger partial charge in [0.25, 0.3) is 0 Å². The Morgan fingerprint density at radius 2 is 1.39 bits per heavy atom. The molecule has 0 radical (unpaired) electrons. The van der Waals surface area contributed by atoms with Crippen LogP contribution in [0.25, 0.3) is 44.3 Å². The summed E-state index contributed by atoms with van der Waals surface area (Å²) in [4.78, 5) is 4.86.